The molecule has 0 aromatic heterocycles. The van der Waals surface area contributed by atoms with E-state index in [0.29, 0.717) is 29.2 Å². The number of aryl methyl sites for hydroxylation is 1. The number of Topliss-reactive ketones (excluding diaryl/α,β-unsaturated/α-hetero) is 1. The van der Waals surface area contributed by atoms with Crippen molar-refractivity contribution in [3.05, 3.63) is 53.6 Å². The van der Waals surface area contributed by atoms with E-state index in [9.17, 15) is 14.4 Å². The van der Waals surface area contributed by atoms with Crippen LogP contribution in [0.4, 0.5) is 5.69 Å². The molecule has 1 N–H and O–H groups in total. The van der Waals surface area contributed by atoms with Crippen LogP contribution in [0.3, 0.4) is 0 Å². The van der Waals surface area contributed by atoms with E-state index in [-0.39, 0.29) is 30.6 Å². The Morgan fingerprint density at radius 3 is 2.07 bits per heavy atom. The molecule has 0 aliphatic rings. The second-order valence-electron chi connectivity index (χ2n) is 7.03. The molecule has 0 bridgehead atoms. The lowest BCUT2D eigenvalue weighted by molar-refractivity contribution is -0.142. The zero-order valence-corrected chi connectivity index (χ0v) is 17.7. The zero-order valence-electron chi connectivity index (χ0n) is 17.7. The first-order chi connectivity index (χ1) is 14.3. The third-order valence-corrected chi connectivity index (χ3v) is 4.39. The van der Waals surface area contributed by atoms with Crippen molar-refractivity contribution in [2.75, 3.05) is 26.1 Å². The van der Waals surface area contributed by atoms with Crippen molar-refractivity contribution in [1.29, 1.82) is 0 Å². The average molecular weight is 413 g/mol. The number of hydrogen-bond donors (Lipinski definition) is 1. The van der Waals surface area contributed by atoms with Crippen LogP contribution in [0, 0.1) is 5.92 Å². The molecule has 0 saturated carbocycles. The van der Waals surface area contributed by atoms with Crippen molar-refractivity contribution < 1.29 is 28.6 Å². The molecule has 2 aromatic rings. The molecular formula is C23H27NO6. The Labute approximate surface area is 176 Å². The Kier molecular flexibility index (Phi) is 8.41. The summed E-state index contributed by atoms with van der Waals surface area (Å²) in [5, 5.41) is 2.75. The highest BCUT2D eigenvalue weighted by atomic mass is 16.5. The Bertz CT molecular complexity index is 867. The smallest absolute Gasteiger partial charge is 0.306 e. The van der Waals surface area contributed by atoms with Crippen molar-refractivity contribution in [1.82, 2.24) is 0 Å². The predicted molar refractivity (Wildman–Crippen MR) is 113 cm³/mol. The van der Waals surface area contributed by atoms with E-state index in [1.165, 1.54) is 0 Å². The van der Waals surface area contributed by atoms with Gasteiger partial charge in [0.1, 0.15) is 11.5 Å². The lowest BCUT2D eigenvalue weighted by Crippen LogP contribution is -2.18. The van der Waals surface area contributed by atoms with Crippen LogP contribution in [0.2, 0.25) is 0 Å². The highest BCUT2D eigenvalue weighted by Crippen LogP contribution is 2.23. The lowest BCUT2D eigenvalue weighted by Gasteiger charge is -2.09. The number of ketones is 1. The summed E-state index contributed by atoms with van der Waals surface area (Å²) in [5.74, 6) is 0.265. The normalized spacial score (nSPS) is 10.4. The van der Waals surface area contributed by atoms with E-state index in [1.54, 1.807) is 58.4 Å². The Morgan fingerprint density at radius 2 is 1.53 bits per heavy atom. The molecule has 0 heterocycles. The molecule has 0 atom stereocenters. The van der Waals surface area contributed by atoms with Crippen LogP contribution in [-0.4, -0.2) is 38.5 Å². The SMILES string of the molecule is COc1cc(CCC(=O)OCC(=O)c2ccc(NC(=O)C(C)C)cc2)cc(OC)c1. The van der Waals surface area contributed by atoms with Gasteiger partial charge in [-0.15, -0.1) is 0 Å². The summed E-state index contributed by atoms with van der Waals surface area (Å²) in [6.07, 6.45) is 0.564. The summed E-state index contributed by atoms with van der Waals surface area (Å²) in [4.78, 5) is 35.9. The van der Waals surface area contributed by atoms with Gasteiger partial charge in [-0.1, -0.05) is 13.8 Å². The van der Waals surface area contributed by atoms with E-state index >= 15 is 0 Å². The van der Waals surface area contributed by atoms with E-state index in [4.69, 9.17) is 14.2 Å². The fourth-order valence-corrected chi connectivity index (χ4v) is 2.58. The lowest BCUT2D eigenvalue weighted by atomic mass is 10.1. The maximum absolute atomic E-state index is 12.2. The molecule has 2 aromatic carbocycles. The minimum Gasteiger partial charge on any atom is -0.497 e. The van der Waals surface area contributed by atoms with Gasteiger partial charge in [-0.3, -0.25) is 14.4 Å². The van der Waals surface area contributed by atoms with Crippen molar-refractivity contribution >= 4 is 23.3 Å². The molecule has 0 unspecified atom stereocenters. The van der Waals surface area contributed by atoms with E-state index < -0.39 is 5.97 Å². The van der Waals surface area contributed by atoms with Gasteiger partial charge < -0.3 is 19.5 Å². The van der Waals surface area contributed by atoms with Gasteiger partial charge in [0.25, 0.3) is 0 Å². The first-order valence-corrected chi connectivity index (χ1v) is 9.64. The summed E-state index contributed by atoms with van der Waals surface area (Å²) in [5.41, 5.74) is 1.88. The molecule has 0 radical (unpaired) electrons. The molecule has 1 amide bonds. The Morgan fingerprint density at radius 1 is 0.933 bits per heavy atom. The standard InChI is InChI=1S/C23H27NO6/c1-15(2)23(27)24-18-8-6-17(7-9-18)21(25)14-30-22(26)10-5-16-11-19(28-3)13-20(12-16)29-4/h6-9,11-13,15H,5,10,14H2,1-4H3,(H,24,27). The Hall–Kier alpha value is -3.35. The molecule has 30 heavy (non-hydrogen) atoms. The van der Waals surface area contributed by atoms with Crippen LogP contribution in [0.5, 0.6) is 11.5 Å². The maximum atomic E-state index is 12.2. The fraction of sp³-hybridized carbons (Fsp3) is 0.348. The number of carbonyl (C=O) groups excluding carboxylic acids is 3. The summed E-state index contributed by atoms with van der Waals surface area (Å²) in [6, 6.07) is 11.9. The van der Waals surface area contributed by atoms with Gasteiger partial charge in [0.2, 0.25) is 5.91 Å². The second kappa shape index (κ2) is 11.0. The summed E-state index contributed by atoms with van der Waals surface area (Å²) in [7, 11) is 3.12. The molecule has 0 aliphatic carbocycles. The number of carbonyl (C=O) groups is 3. The van der Waals surface area contributed by atoms with Crippen molar-refractivity contribution in [3.63, 3.8) is 0 Å². The van der Waals surface area contributed by atoms with Gasteiger partial charge in [0.15, 0.2) is 12.4 Å². The van der Waals surface area contributed by atoms with Crippen molar-refractivity contribution in [2.24, 2.45) is 5.92 Å². The number of hydrogen-bond acceptors (Lipinski definition) is 6. The minimum atomic E-state index is -0.467. The van der Waals surface area contributed by atoms with Gasteiger partial charge in [-0.2, -0.15) is 0 Å². The number of nitrogens with one attached hydrogen (secondary N) is 1. The molecule has 0 spiro atoms. The van der Waals surface area contributed by atoms with Crippen LogP contribution < -0.4 is 14.8 Å². The molecule has 7 heteroatoms. The number of esters is 1. The van der Waals surface area contributed by atoms with Gasteiger partial charge in [-0.05, 0) is 48.4 Å². The molecule has 0 fully saturated rings. The second-order valence-corrected chi connectivity index (χ2v) is 7.03. The first kappa shape index (κ1) is 22.9. The van der Waals surface area contributed by atoms with Gasteiger partial charge in [0, 0.05) is 29.7 Å². The van der Waals surface area contributed by atoms with E-state index in [1.807, 2.05) is 12.1 Å². The number of benzene rings is 2. The van der Waals surface area contributed by atoms with Gasteiger partial charge in [0.05, 0.1) is 14.2 Å². The molecule has 0 aliphatic heterocycles. The van der Waals surface area contributed by atoms with E-state index in [0.717, 1.165) is 5.56 Å². The topological polar surface area (TPSA) is 90.9 Å². The quantitative estimate of drug-likeness (QED) is 0.472. The van der Waals surface area contributed by atoms with Gasteiger partial charge >= 0.3 is 5.97 Å². The third-order valence-electron chi connectivity index (χ3n) is 4.39. The summed E-state index contributed by atoms with van der Waals surface area (Å²) < 4.78 is 15.5. The summed E-state index contributed by atoms with van der Waals surface area (Å²) in [6.45, 7) is 3.26. The van der Waals surface area contributed by atoms with Crippen LogP contribution in [-0.2, 0) is 20.7 Å². The number of methoxy groups -OCH3 is 2. The fourth-order valence-electron chi connectivity index (χ4n) is 2.58. The first-order valence-electron chi connectivity index (χ1n) is 9.64. The molecule has 160 valence electrons. The zero-order chi connectivity index (χ0) is 22.1. The van der Waals surface area contributed by atoms with Crippen LogP contribution in [0.1, 0.15) is 36.2 Å². The van der Waals surface area contributed by atoms with Crippen LogP contribution in [0.25, 0.3) is 0 Å². The predicted octanol–water partition coefficient (Wildman–Crippen LogP) is 3.66. The largest absolute Gasteiger partial charge is 0.497 e. The number of rotatable bonds is 10. The van der Waals surface area contributed by atoms with Crippen LogP contribution in [0.15, 0.2) is 42.5 Å². The monoisotopic (exact) mass is 413 g/mol. The molecule has 0 saturated heterocycles. The third kappa shape index (κ3) is 6.92. The number of amides is 1. The minimum absolute atomic E-state index is 0.100. The average Bonchev–Trinajstić information content (AvgIpc) is 2.76. The number of ether oxygens (including phenoxy) is 3. The van der Waals surface area contributed by atoms with Crippen molar-refractivity contribution in [2.45, 2.75) is 26.7 Å². The Balaban J connectivity index is 1.83. The maximum Gasteiger partial charge on any atom is 0.306 e. The number of anilines is 1. The highest BCUT2D eigenvalue weighted by molar-refractivity contribution is 5.99. The van der Waals surface area contributed by atoms with E-state index in [2.05, 4.69) is 5.32 Å². The van der Waals surface area contributed by atoms with Crippen molar-refractivity contribution in [3.8, 4) is 11.5 Å². The van der Waals surface area contributed by atoms with Gasteiger partial charge in [-0.25, -0.2) is 0 Å². The summed E-state index contributed by atoms with van der Waals surface area (Å²) >= 11 is 0. The van der Waals surface area contributed by atoms with Crippen LogP contribution >= 0.6 is 0 Å². The highest BCUT2D eigenvalue weighted by Gasteiger charge is 2.12. The molecule has 2 rings (SSSR count). The molecular weight excluding hydrogens is 386 g/mol. The molecule has 7 nitrogen and oxygen atoms in total.